The van der Waals surface area contributed by atoms with Crippen molar-refractivity contribution < 1.29 is 34.7 Å². The van der Waals surface area contributed by atoms with Crippen LogP contribution in [0.25, 0.3) is 0 Å². The lowest BCUT2D eigenvalue weighted by Gasteiger charge is -2.39. The molecule has 0 spiro atoms. The largest absolute Gasteiger partial charge is 0.454 e. The average Bonchev–Trinajstić information content (AvgIpc) is 2.18. The van der Waals surface area contributed by atoms with Crippen molar-refractivity contribution in [3.05, 3.63) is 0 Å². The van der Waals surface area contributed by atoms with Gasteiger partial charge in [0, 0.05) is 6.92 Å². The predicted octanol–water partition coefficient (Wildman–Crippen LogP) is -2.65. The molecule has 5 atom stereocenters. The van der Waals surface area contributed by atoms with E-state index in [0.29, 0.717) is 0 Å². The highest BCUT2D eigenvalue weighted by Gasteiger charge is 2.45. The fourth-order valence-corrected chi connectivity index (χ4v) is 1.39. The van der Waals surface area contributed by atoms with E-state index in [1.54, 1.807) is 0 Å². The van der Waals surface area contributed by atoms with Crippen LogP contribution >= 0.6 is 0 Å². The summed E-state index contributed by atoms with van der Waals surface area (Å²) in [7, 11) is 0. The van der Waals surface area contributed by atoms with Gasteiger partial charge in [-0.05, 0) is 0 Å². The Hall–Kier alpha value is -0.730. The highest BCUT2D eigenvalue weighted by molar-refractivity contribution is 5.66. The van der Waals surface area contributed by atoms with Crippen LogP contribution in [0.5, 0.6) is 0 Å². The zero-order valence-electron chi connectivity index (χ0n) is 8.11. The van der Waals surface area contributed by atoms with Crippen molar-refractivity contribution in [1.82, 2.24) is 0 Å². The average molecular weight is 222 g/mol. The molecule has 0 aromatic heterocycles. The maximum absolute atomic E-state index is 10.6. The van der Waals surface area contributed by atoms with Crippen LogP contribution < -0.4 is 0 Å². The summed E-state index contributed by atoms with van der Waals surface area (Å²) in [5.41, 5.74) is 0. The van der Waals surface area contributed by atoms with E-state index in [0.717, 1.165) is 6.92 Å². The van der Waals surface area contributed by atoms with E-state index >= 15 is 0 Å². The Kier molecular flexibility index (Phi) is 4.00. The molecule has 0 radical (unpaired) electrons. The maximum atomic E-state index is 10.6. The van der Waals surface area contributed by atoms with Crippen molar-refractivity contribution >= 4 is 5.97 Å². The van der Waals surface area contributed by atoms with Crippen molar-refractivity contribution in [3.8, 4) is 0 Å². The molecule has 1 aliphatic rings. The summed E-state index contributed by atoms with van der Waals surface area (Å²) in [6.07, 6.45) is -6.91. The van der Waals surface area contributed by atoms with Gasteiger partial charge in [-0.2, -0.15) is 0 Å². The number of hydrogen-bond acceptors (Lipinski definition) is 7. The van der Waals surface area contributed by atoms with E-state index < -0.39 is 43.3 Å². The van der Waals surface area contributed by atoms with Crippen LogP contribution in [-0.2, 0) is 14.3 Å². The summed E-state index contributed by atoms with van der Waals surface area (Å²) in [6, 6.07) is 0. The number of hydrogen-bond donors (Lipinski definition) is 4. The monoisotopic (exact) mass is 222 g/mol. The summed E-state index contributed by atoms with van der Waals surface area (Å²) in [4.78, 5) is 10.6. The number of carbonyl (C=O) groups is 1. The molecule has 1 saturated heterocycles. The molecular formula is C8H14O7. The first-order valence-electron chi connectivity index (χ1n) is 4.45. The molecule has 0 bridgehead atoms. The minimum atomic E-state index is -1.57. The van der Waals surface area contributed by atoms with Crippen molar-refractivity contribution in [2.75, 3.05) is 6.61 Å². The third-order valence-electron chi connectivity index (χ3n) is 2.14. The van der Waals surface area contributed by atoms with Crippen LogP contribution in [0, 0.1) is 0 Å². The standard InChI is InChI=1S/C8H14O7/c1-3(10)14-7-6(12)5(11)4(2-9)15-8(7)13/h4-9,11-13H,2H2,1H3/t4-,5-,6+,7-,8+/m0/s1. The molecule has 0 saturated carbocycles. The normalized spacial score (nSPS) is 41.3. The van der Waals surface area contributed by atoms with Gasteiger partial charge < -0.3 is 29.9 Å². The Bertz CT molecular complexity index is 231. The lowest BCUT2D eigenvalue weighted by Crippen LogP contribution is -2.59. The number of rotatable bonds is 2. The molecule has 1 heterocycles. The first-order valence-corrected chi connectivity index (χ1v) is 4.45. The number of ether oxygens (including phenoxy) is 2. The highest BCUT2D eigenvalue weighted by Crippen LogP contribution is 2.22. The Balaban J connectivity index is 2.70. The van der Waals surface area contributed by atoms with Gasteiger partial charge in [0.1, 0.15) is 18.3 Å². The van der Waals surface area contributed by atoms with Crippen molar-refractivity contribution in [1.29, 1.82) is 0 Å². The van der Waals surface area contributed by atoms with Crippen molar-refractivity contribution in [2.24, 2.45) is 0 Å². The van der Waals surface area contributed by atoms with Crippen molar-refractivity contribution in [2.45, 2.75) is 37.6 Å². The first kappa shape index (κ1) is 12.3. The lowest BCUT2D eigenvalue weighted by molar-refractivity contribution is -0.290. The van der Waals surface area contributed by atoms with Crippen LogP contribution in [0.15, 0.2) is 0 Å². The van der Waals surface area contributed by atoms with E-state index in [4.69, 9.17) is 9.84 Å². The summed E-state index contributed by atoms with van der Waals surface area (Å²) >= 11 is 0. The van der Waals surface area contributed by atoms with Crippen LogP contribution in [0.3, 0.4) is 0 Å². The maximum Gasteiger partial charge on any atom is 0.303 e. The number of carbonyl (C=O) groups excluding carboxylic acids is 1. The molecule has 0 amide bonds. The summed E-state index contributed by atoms with van der Waals surface area (Å²) < 4.78 is 9.32. The van der Waals surface area contributed by atoms with E-state index in [-0.39, 0.29) is 0 Å². The van der Waals surface area contributed by atoms with Gasteiger partial charge in [-0.15, -0.1) is 0 Å². The SMILES string of the molecule is CC(=O)O[C@H]1[C@H](O)[C@@H](O)[C@H](CO)O[C@H]1O. The first-order chi connectivity index (χ1) is 6.97. The van der Waals surface area contributed by atoms with E-state index in [1.807, 2.05) is 0 Å². The second-order valence-electron chi connectivity index (χ2n) is 3.30. The zero-order valence-corrected chi connectivity index (χ0v) is 8.11. The summed E-state index contributed by atoms with van der Waals surface area (Å²) in [5.74, 6) is -0.712. The Morgan fingerprint density at radius 1 is 1.33 bits per heavy atom. The molecule has 7 heteroatoms. The molecule has 7 nitrogen and oxygen atoms in total. The Morgan fingerprint density at radius 3 is 2.40 bits per heavy atom. The molecule has 1 aliphatic heterocycles. The van der Waals surface area contributed by atoms with Gasteiger partial charge in [0.05, 0.1) is 6.61 Å². The van der Waals surface area contributed by atoms with Crippen molar-refractivity contribution in [3.63, 3.8) is 0 Å². The predicted molar refractivity (Wildman–Crippen MR) is 45.5 cm³/mol. The van der Waals surface area contributed by atoms with Crippen LogP contribution in [0.4, 0.5) is 0 Å². The molecular weight excluding hydrogens is 208 g/mol. The Labute approximate surface area is 85.9 Å². The molecule has 0 aromatic rings. The second kappa shape index (κ2) is 4.86. The minimum absolute atomic E-state index is 0.553. The molecule has 0 aliphatic carbocycles. The second-order valence-corrected chi connectivity index (χ2v) is 3.30. The number of esters is 1. The van der Waals surface area contributed by atoms with E-state index in [9.17, 15) is 20.1 Å². The van der Waals surface area contributed by atoms with Gasteiger partial charge in [0.25, 0.3) is 0 Å². The molecule has 0 aromatic carbocycles. The third-order valence-corrected chi connectivity index (χ3v) is 2.14. The summed E-state index contributed by atoms with van der Waals surface area (Å²) in [5, 5.41) is 37.0. The fraction of sp³-hybridized carbons (Fsp3) is 0.875. The van der Waals surface area contributed by atoms with Crippen LogP contribution in [0.2, 0.25) is 0 Å². The molecule has 1 fully saturated rings. The van der Waals surface area contributed by atoms with E-state index in [1.165, 1.54) is 0 Å². The van der Waals surface area contributed by atoms with Crippen LogP contribution in [-0.4, -0.2) is 63.7 Å². The van der Waals surface area contributed by atoms with Gasteiger partial charge in [-0.25, -0.2) is 0 Å². The molecule has 88 valence electrons. The molecule has 4 N–H and O–H groups in total. The van der Waals surface area contributed by atoms with Gasteiger partial charge in [-0.3, -0.25) is 4.79 Å². The quantitative estimate of drug-likeness (QED) is 0.377. The molecule has 15 heavy (non-hydrogen) atoms. The van der Waals surface area contributed by atoms with Gasteiger partial charge in [-0.1, -0.05) is 0 Å². The fourth-order valence-electron chi connectivity index (χ4n) is 1.39. The van der Waals surface area contributed by atoms with Gasteiger partial charge in [0.15, 0.2) is 12.4 Å². The number of aliphatic hydroxyl groups excluding tert-OH is 4. The molecule has 0 unspecified atom stereocenters. The van der Waals surface area contributed by atoms with Gasteiger partial charge in [0.2, 0.25) is 0 Å². The zero-order chi connectivity index (χ0) is 11.6. The lowest BCUT2D eigenvalue weighted by atomic mass is 9.99. The smallest absolute Gasteiger partial charge is 0.303 e. The van der Waals surface area contributed by atoms with E-state index in [2.05, 4.69) is 4.74 Å². The van der Waals surface area contributed by atoms with Crippen LogP contribution in [0.1, 0.15) is 6.92 Å². The topological polar surface area (TPSA) is 116 Å². The Morgan fingerprint density at radius 2 is 1.93 bits per heavy atom. The minimum Gasteiger partial charge on any atom is -0.454 e. The number of aliphatic hydroxyl groups is 4. The van der Waals surface area contributed by atoms with Gasteiger partial charge >= 0.3 is 5.97 Å². The molecule has 1 rings (SSSR count). The third kappa shape index (κ3) is 2.64. The highest BCUT2D eigenvalue weighted by atomic mass is 16.7. The summed E-state index contributed by atoms with van der Waals surface area (Å²) in [6.45, 7) is 0.548.